The molecule has 1 aromatic heterocycles. The van der Waals surface area contributed by atoms with E-state index in [1.165, 1.54) is 36.5 Å². The van der Waals surface area contributed by atoms with Gasteiger partial charge in [0.1, 0.15) is 17.1 Å². The van der Waals surface area contributed by atoms with Gasteiger partial charge in [-0.15, -0.1) is 0 Å². The van der Waals surface area contributed by atoms with Crippen LogP contribution in [0.15, 0.2) is 71.8 Å². The number of anilines is 3. The van der Waals surface area contributed by atoms with Gasteiger partial charge in [-0.3, -0.25) is 4.79 Å². The molecule has 10 nitrogen and oxygen atoms in total. The van der Waals surface area contributed by atoms with E-state index in [4.69, 9.17) is 14.6 Å². The largest absolute Gasteiger partial charge is 0.494 e. The number of amides is 1. The number of pyridine rings is 1. The molecule has 0 aliphatic rings. The molecule has 0 atom stereocenters. The number of ether oxygens (including phenoxy) is 2. The molecule has 0 radical (unpaired) electrons. The number of aromatic nitrogens is 1. The van der Waals surface area contributed by atoms with Gasteiger partial charge < -0.3 is 20.1 Å². The van der Waals surface area contributed by atoms with Gasteiger partial charge >= 0.3 is 5.97 Å². The Balaban J connectivity index is 1.62. The Morgan fingerprint density at radius 1 is 1.03 bits per heavy atom. The van der Waals surface area contributed by atoms with Gasteiger partial charge in [0.15, 0.2) is 6.61 Å². The predicted octanol–water partition coefficient (Wildman–Crippen LogP) is 2.67. The molecule has 172 valence electrons. The van der Waals surface area contributed by atoms with Crippen LogP contribution in [0.1, 0.15) is 17.3 Å². The van der Waals surface area contributed by atoms with Gasteiger partial charge in [-0.1, -0.05) is 6.07 Å². The number of hydrogen-bond donors (Lipinski definition) is 3. The second-order valence-electron chi connectivity index (χ2n) is 6.68. The summed E-state index contributed by atoms with van der Waals surface area (Å²) in [5.74, 6) is -0.443. The normalized spacial score (nSPS) is 10.8. The van der Waals surface area contributed by atoms with Crippen LogP contribution < -0.4 is 20.5 Å². The molecule has 0 saturated carbocycles. The summed E-state index contributed by atoms with van der Waals surface area (Å²) < 4.78 is 33.4. The summed E-state index contributed by atoms with van der Waals surface area (Å²) in [6.07, 6.45) is 1.51. The first-order valence-electron chi connectivity index (χ1n) is 9.81. The van der Waals surface area contributed by atoms with Crippen molar-refractivity contribution in [2.75, 3.05) is 23.8 Å². The van der Waals surface area contributed by atoms with Crippen LogP contribution in [0.3, 0.4) is 0 Å². The summed E-state index contributed by atoms with van der Waals surface area (Å²) in [5.41, 5.74) is 1.01. The topological polar surface area (TPSA) is 150 Å². The van der Waals surface area contributed by atoms with Gasteiger partial charge in [-0.05, 0) is 61.5 Å². The number of nitrogens with one attached hydrogen (secondary N) is 2. The molecular weight excluding hydrogens is 448 g/mol. The number of sulfonamides is 1. The maximum atomic E-state index is 12.5. The molecule has 0 spiro atoms. The number of carbonyl (C=O) groups is 2. The quantitative estimate of drug-likeness (QED) is 0.404. The van der Waals surface area contributed by atoms with E-state index in [9.17, 15) is 18.0 Å². The maximum absolute atomic E-state index is 12.5. The highest BCUT2D eigenvalue weighted by atomic mass is 32.2. The SMILES string of the molecule is CCOc1ccc(Nc2ncccc2C(=O)OCC(=O)Nc2cccc(S(N)(=O)=O)c2)cc1. The minimum absolute atomic E-state index is 0.135. The van der Waals surface area contributed by atoms with Crippen molar-refractivity contribution in [3.05, 3.63) is 72.4 Å². The molecule has 0 aliphatic heterocycles. The molecule has 4 N–H and O–H groups in total. The average molecular weight is 471 g/mol. The number of carbonyl (C=O) groups excluding carboxylic acids is 2. The summed E-state index contributed by atoms with van der Waals surface area (Å²) in [7, 11) is -3.92. The Morgan fingerprint density at radius 3 is 2.48 bits per heavy atom. The van der Waals surface area contributed by atoms with Crippen molar-refractivity contribution in [1.29, 1.82) is 0 Å². The minimum atomic E-state index is -3.92. The van der Waals surface area contributed by atoms with Gasteiger partial charge in [-0.25, -0.2) is 23.3 Å². The zero-order valence-corrected chi connectivity index (χ0v) is 18.5. The number of primary sulfonamides is 1. The van der Waals surface area contributed by atoms with Gasteiger partial charge in [0, 0.05) is 17.6 Å². The molecule has 11 heteroatoms. The van der Waals surface area contributed by atoms with Gasteiger partial charge in [0.25, 0.3) is 5.91 Å². The molecular formula is C22H22N4O6S. The molecule has 3 rings (SSSR count). The molecule has 1 heterocycles. The Morgan fingerprint density at radius 2 is 1.79 bits per heavy atom. The van der Waals surface area contributed by atoms with Gasteiger partial charge in [0.05, 0.1) is 11.5 Å². The van der Waals surface area contributed by atoms with Crippen LogP contribution in [0.4, 0.5) is 17.2 Å². The van der Waals surface area contributed by atoms with E-state index < -0.39 is 28.5 Å². The van der Waals surface area contributed by atoms with Crippen LogP contribution in [0.2, 0.25) is 0 Å². The van der Waals surface area contributed by atoms with E-state index in [-0.39, 0.29) is 22.0 Å². The van der Waals surface area contributed by atoms with Crippen molar-refractivity contribution < 1.29 is 27.5 Å². The van der Waals surface area contributed by atoms with Crippen LogP contribution >= 0.6 is 0 Å². The van der Waals surface area contributed by atoms with Crippen molar-refractivity contribution in [2.24, 2.45) is 5.14 Å². The molecule has 3 aromatic rings. The minimum Gasteiger partial charge on any atom is -0.494 e. The Labute approximate surface area is 190 Å². The lowest BCUT2D eigenvalue weighted by Crippen LogP contribution is -2.21. The van der Waals surface area contributed by atoms with Crippen LogP contribution in [0.5, 0.6) is 5.75 Å². The van der Waals surface area contributed by atoms with E-state index in [1.807, 2.05) is 6.92 Å². The third-order valence-corrected chi connectivity index (χ3v) is 5.15. The molecule has 0 fully saturated rings. The summed E-state index contributed by atoms with van der Waals surface area (Å²) in [5, 5.41) is 10.6. The Bertz CT molecular complexity index is 1250. The number of esters is 1. The number of benzene rings is 2. The van der Waals surface area contributed by atoms with Crippen LogP contribution in [0, 0.1) is 0 Å². The van der Waals surface area contributed by atoms with Gasteiger partial charge in [0.2, 0.25) is 10.0 Å². The number of nitrogens with two attached hydrogens (primary N) is 1. The fourth-order valence-electron chi connectivity index (χ4n) is 2.76. The summed E-state index contributed by atoms with van der Waals surface area (Å²) >= 11 is 0. The first-order valence-corrected chi connectivity index (χ1v) is 11.4. The average Bonchev–Trinajstić information content (AvgIpc) is 2.79. The van der Waals surface area contributed by atoms with E-state index in [0.29, 0.717) is 18.0 Å². The van der Waals surface area contributed by atoms with Crippen LogP contribution in [-0.4, -0.2) is 38.5 Å². The van der Waals surface area contributed by atoms with Crippen molar-refractivity contribution in [3.8, 4) is 5.75 Å². The van der Waals surface area contributed by atoms with Gasteiger partial charge in [-0.2, -0.15) is 0 Å². The lowest BCUT2D eigenvalue weighted by molar-refractivity contribution is -0.119. The molecule has 0 aliphatic carbocycles. The van der Waals surface area contributed by atoms with Crippen molar-refractivity contribution >= 4 is 39.1 Å². The zero-order chi connectivity index (χ0) is 23.8. The maximum Gasteiger partial charge on any atom is 0.342 e. The van der Waals surface area contributed by atoms with Crippen molar-refractivity contribution in [3.63, 3.8) is 0 Å². The fraction of sp³-hybridized carbons (Fsp3) is 0.136. The smallest absolute Gasteiger partial charge is 0.342 e. The molecule has 0 saturated heterocycles. The number of hydrogen-bond acceptors (Lipinski definition) is 8. The summed E-state index contributed by atoms with van der Waals surface area (Å²) in [4.78, 5) is 28.7. The fourth-order valence-corrected chi connectivity index (χ4v) is 3.32. The third-order valence-electron chi connectivity index (χ3n) is 4.24. The van der Waals surface area contributed by atoms with Crippen LogP contribution in [0.25, 0.3) is 0 Å². The molecule has 2 aromatic carbocycles. The van der Waals surface area contributed by atoms with E-state index in [1.54, 1.807) is 30.3 Å². The second kappa shape index (κ2) is 10.6. The number of nitrogens with zero attached hydrogens (tertiary/aromatic N) is 1. The monoisotopic (exact) mass is 470 g/mol. The van der Waals surface area contributed by atoms with Crippen molar-refractivity contribution in [2.45, 2.75) is 11.8 Å². The highest BCUT2D eigenvalue weighted by Gasteiger charge is 2.16. The molecule has 0 bridgehead atoms. The second-order valence-corrected chi connectivity index (χ2v) is 8.24. The van der Waals surface area contributed by atoms with E-state index >= 15 is 0 Å². The van der Waals surface area contributed by atoms with Crippen molar-refractivity contribution in [1.82, 2.24) is 4.98 Å². The predicted molar refractivity (Wildman–Crippen MR) is 122 cm³/mol. The van der Waals surface area contributed by atoms with E-state index in [2.05, 4.69) is 15.6 Å². The first kappa shape index (κ1) is 23.7. The third kappa shape index (κ3) is 6.76. The highest BCUT2D eigenvalue weighted by Crippen LogP contribution is 2.22. The van der Waals surface area contributed by atoms with Crippen LogP contribution in [-0.2, 0) is 19.6 Å². The molecule has 0 unspecified atom stereocenters. The number of rotatable bonds is 9. The lowest BCUT2D eigenvalue weighted by Gasteiger charge is -2.12. The zero-order valence-electron chi connectivity index (χ0n) is 17.6. The standard InChI is InChI=1S/C22H22N4O6S/c1-2-31-17-10-8-15(9-11-17)26-21-19(7-4-12-24-21)22(28)32-14-20(27)25-16-5-3-6-18(13-16)33(23,29)30/h3-13H,2,14H2,1H3,(H,24,26)(H,25,27)(H2,23,29,30). The molecule has 1 amide bonds. The molecule has 33 heavy (non-hydrogen) atoms. The highest BCUT2D eigenvalue weighted by molar-refractivity contribution is 7.89. The van der Waals surface area contributed by atoms with E-state index in [0.717, 1.165) is 0 Å². The Hall–Kier alpha value is -3.96. The summed E-state index contributed by atoms with van der Waals surface area (Å²) in [6.45, 7) is 1.85. The lowest BCUT2D eigenvalue weighted by atomic mass is 10.2. The first-order chi connectivity index (χ1) is 15.8. The Kier molecular flexibility index (Phi) is 7.59. The summed E-state index contributed by atoms with van der Waals surface area (Å²) in [6, 6.07) is 15.6.